The summed E-state index contributed by atoms with van der Waals surface area (Å²) >= 11 is 0. The topological polar surface area (TPSA) is 55.3 Å². The van der Waals surface area contributed by atoms with Crippen LogP contribution in [0.2, 0.25) is 0 Å². The van der Waals surface area contributed by atoms with E-state index in [4.69, 9.17) is 14.2 Å². The highest BCUT2D eigenvalue weighted by Gasteiger charge is 2.25. The number of benzene rings is 1. The lowest BCUT2D eigenvalue weighted by Crippen LogP contribution is -2.61. The Morgan fingerprint density at radius 3 is 2.17 bits per heavy atom. The van der Waals surface area contributed by atoms with E-state index < -0.39 is 0 Å². The average Bonchev–Trinajstić information content (AvgIpc) is 2.44. The zero-order valence-electron chi connectivity index (χ0n) is 16.3. The third-order valence-electron chi connectivity index (χ3n) is 3.91. The van der Waals surface area contributed by atoms with E-state index in [2.05, 4.69) is 52.5 Å². The van der Waals surface area contributed by atoms with E-state index in [-0.39, 0.29) is 23.5 Å². The summed E-state index contributed by atoms with van der Waals surface area (Å²) in [7, 11) is 0. The van der Waals surface area contributed by atoms with Crippen molar-refractivity contribution in [2.24, 2.45) is 0 Å². The number of quaternary nitrogens is 1. The van der Waals surface area contributed by atoms with E-state index in [0.717, 1.165) is 12.8 Å². The van der Waals surface area contributed by atoms with Crippen LogP contribution in [0.4, 0.5) is 0 Å². The van der Waals surface area contributed by atoms with E-state index >= 15 is 0 Å². The summed E-state index contributed by atoms with van der Waals surface area (Å²) in [5, 5.41) is 0. The van der Waals surface area contributed by atoms with Crippen molar-refractivity contribution in [3.05, 3.63) is 35.9 Å². The molecule has 4 nitrogen and oxygen atoms in total. The second-order valence-corrected chi connectivity index (χ2v) is 7.85. The first-order chi connectivity index (χ1) is 11.1. The van der Waals surface area contributed by atoms with Crippen LogP contribution in [0.3, 0.4) is 0 Å². The van der Waals surface area contributed by atoms with Crippen molar-refractivity contribution in [3.8, 4) is 0 Å². The lowest BCUT2D eigenvalue weighted by Gasteiger charge is -2.31. The maximum Gasteiger partial charge on any atom is 0.186 e. The fraction of sp³-hybridized carbons (Fsp3) is 0.700. The third kappa shape index (κ3) is 9.38. The van der Waals surface area contributed by atoms with Gasteiger partial charge in [-0.25, -0.2) is 0 Å². The largest absolute Gasteiger partial charge is 0.375 e. The Hall–Kier alpha value is -0.940. The highest BCUT2D eigenvalue weighted by molar-refractivity contribution is 5.13. The van der Waals surface area contributed by atoms with Gasteiger partial charge in [-0.1, -0.05) is 30.3 Å². The monoisotopic (exact) mass is 338 g/mol. The molecule has 0 amide bonds. The Bertz CT molecular complexity index is 457. The van der Waals surface area contributed by atoms with Gasteiger partial charge in [0.2, 0.25) is 0 Å². The van der Waals surface area contributed by atoms with Crippen LogP contribution in [0, 0.1) is 0 Å². The lowest BCUT2D eigenvalue weighted by atomic mass is 10.0. The quantitative estimate of drug-likeness (QED) is 0.628. The molecule has 0 saturated carbocycles. The van der Waals surface area contributed by atoms with Crippen LogP contribution in [-0.4, -0.2) is 30.1 Å². The second kappa shape index (κ2) is 9.52. The van der Waals surface area contributed by atoms with E-state index in [9.17, 15) is 0 Å². The van der Waals surface area contributed by atoms with Gasteiger partial charge in [-0.05, 0) is 46.6 Å². The molecule has 138 valence electrons. The maximum atomic E-state index is 6.09. The smallest absolute Gasteiger partial charge is 0.186 e. The second-order valence-electron chi connectivity index (χ2n) is 7.85. The van der Waals surface area contributed by atoms with Crippen molar-refractivity contribution < 1.29 is 19.9 Å². The average molecular weight is 339 g/mol. The van der Waals surface area contributed by atoms with Gasteiger partial charge in [0.1, 0.15) is 0 Å². The molecule has 1 aromatic rings. The van der Waals surface area contributed by atoms with Gasteiger partial charge in [-0.2, -0.15) is 0 Å². The van der Waals surface area contributed by atoms with Crippen LogP contribution in [0.5, 0.6) is 0 Å². The van der Waals surface area contributed by atoms with Crippen molar-refractivity contribution in [2.45, 2.75) is 84.5 Å². The molecule has 24 heavy (non-hydrogen) atoms. The first-order valence-electron chi connectivity index (χ1n) is 8.90. The van der Waals surface area contributed by atoms with Gasteiger partial charge in [0, 0.05) is 13.3 Å². The van der Waals surface area contributed by atoms with Crippen molar-refractivity contribution >= 4 is 0 Å². The Labute approximate surface area is 147 Å². The Morgan fingerprint density at radius 2 is 1.58 bits per heavy atom. The van der Waals surface area contributed by atoms with E-state index in [1.165, 1.54) is 5.56 Å². The molecule has 0 radical (unpaired) electrons. The Balaban J connectivity index is 2.33. The predicted octanol–water partition coefficient (Wildman–Crippen LogP) is 3.55. The first-order valence-corrected chi connectivity index (χ1v) is 8.90. The fourth-order valence-corrected chi connectivity index (χ4v) is 2.69. The normalized spacial score (nSPS) is 15.3. The van der Waals surface area contributed by atoms with Gasteiger partial charge < -0.3 is 19.9 Å². The van der Waals surface area contributed by atoms with Gasteiger partial charge in [0.05, 0.1) is 30.5 Å². The molecule has 0 fully saturated rings. The van der Waals surface area contributed by atoms with Crippen molar-refractivity contribution in [1.82, 2.24) is 0 Å². The van der Waals surface area contributed by atoms with Crippen LogP contribution >= 0.6 is 0 Å². The molecule has 0 saturated heterocycles. The first kappa shape index (κ1) is 21.1. The molecule has 4 heteroatoms. The minimum Gasteiger partial charge on any atom is -0.375 e. The molecule has 0 aliphatic carbocycles. The van der Waals surface area contributed by atoms with E-state index in [0.29, 0.717) is 13.2 Å². The van der Waals surface area contributed by atoms with Crippen molar-refractivity contribution in [2.75, 3.05) is 6.61 Å². The summed E-state index contributed by atoms with van der Waals surface area (Å²) in [5.74, 6) is 0. The summed E-state index contributed by atoms with van der Waals surface area (Å²) in [6.45, 7) is 13.8. The molecule has 0 aromatic heterocycles. The van der Waals surface area contributed by atoms with Crippen LogP contribution in [0.1, 0.15) is 59.9 Å². The minimum absolute atomic E-state index is 0.00104. The summed E-state index contributed by atoms with van der Waals surface area (Å²) in [5.41, 5.74) is 4.63. The molecule has 1 aromatic carbocycles. The molecule has 0 bridgehead atoms. The molecule has 3 N–H and O–H groups in total. The van der Waals surface area contributed by atoms with Gasteiger partial charge in [-0.3, -0.25) is 0 Å². The van der Waals surface area contributed by atoms with Crippen molar-refractivity contribution in [3.63, 3.8) is 0 Å². The van der Waals surface area contributed by atoms with E-state index in [1.807, 2.05) is 25.1 Å². The summed E-state index contributed by atoms with van der Waals surface area (Å²) in [6, 6.07) is 10.3. The summed E-state index contributed by atoms with van der Waals surface area (Å²) < 4.78 is 17.8. The van der Waals surface area contributed by atoms with Crippen LogP contribution < -0.4 is 5.73 Å². The molecule has 0 spiro atoms. The fourth-order valence-electron chi connectivity index (χ4n) is 2.69. The Morgan fingerprint density at radius 1 is 0.958 bits per heavy atom. The Kier molecular flexibility index (Phi) is 8.37. The summed E-state index contributed by atoms with van der Waals surface area (Å²) in [6.07, 6.45) is 1.83. The van der Waals surface area contributed by atoms with Crippen molar-refractivity contribution in [1.29, 1.82) is 0 Å². The molecule has 1 rings (SSSR count). The highest BCUT2D eigenvalue weighted by atomic mass is 16.5. The zero-order chi connectivity index (χ0) is 18.2. The van der Waals surface area contributed by atoms with Gasteiger partial charge in [0.25, 0.3) is 0 Å². The van der Waals surface area contributed by atoms with Crippen LogP contribution in [0.15, 0.2) is 30.3 Å². The molecule has 0 heterocycles. The number of rotatable bonds is 11. The molecular formula is C20H36NO3+. The molecule has 2 atom stereocenters. The third-order valence-corrected chi connectivity index (χ3v) is 3.91. The zero-order valence-corrected chi connectivity index (χ0v) is 16.3. The van der Waals surface area contributed by atoms with Crippen LogP contribution in [0.25, 0.3) is 0 Å². The number of hydrogen-bond acceptors (Lipinski definition) is 3. The SMILES string of the molecule is CC([NH3+])OC(C)CC(C)(C)OCCC(C)(C)OCc1ccccc1. The van der Waals surface area contributed by atoms with E-state index in [1.54, 1.807) is 0 Å². The minimum atomic E-state index is -0.218. The molecular weight excluding hydrogens is 302 g/mol. The highest BCUT2D eigenvalue weighted by Crippen LogP contribution is 2.22. The van der Waals surface area contributed by atoms with Gasteiger partial charge in [0.15, 0.2) is 6.23 Å². The summed E-state index contributed by atoms with van der Waals surface area (Å²) in [4.78, 5) is 0. The predicted molar refractivity (Wildman–Crippen MR) is 97.5 cm³/mol. The van der Waals surface area contributed by atoms with Crippen LogP contribution in [-0.2, 0) is 20.8 Å². The lowest BCUT2D eigenvalue weighted by molar-refractivity contribution is -0.490. The molecule has 2 unspecified atom stereocenters. The standard InChI is InChI=1S/C20H35NO3/c1-16(24-17(2)21)14-20(5,6)22-13-12-19(3,4)23-15-18-10-8-7-9-11-18/h7-11,16-17H,12-15,21H2,1-6H3/p+1. The van der Waals surface area contributed by atoms with Gasteiger partial charge >= 0.3 is 0 Å². The number of ether oxygens (including phenoxy) is 3. The maximum absolute atomic E-state index is 6.09. The molecule has 0 aliphatic heterocycles. The molecule has 0 aliphatic rings. The number of hydrogen-bond donors (Lipinski definition) is 1. The van der Waals surface area contributed by atoms with Gasteiger partial charge in [-0.15, -0.1) is 0 Å².